The molecule has 1 aliphatic rings. The third kappa shape index (κ3) is 4.95. The maximum Gasteiger partial charge on any atom is 0.193 e. The molecule has 3 rings (SSSR count). The fourth-order valence-corrected chi connectivity index (χ4v) is 3.76. The smallest absolute Gasteiger partial charge is 0.193 e. The molecule has 134 valence electrons. The van der Waals surface area contributed by atoms with Gasteiger partial charge >= 0.3 is 0 Å². The van der Waals surface area contributed by atoms with Crippen LogP contribution in [0.5, 0.6) is 5.75 Å². The van der Waals surface area contributed by atoms with E-state index in [2.05, 4.69) is 27.1 Å². The van der Waals surface area contributed by atoms with Gasteiger partial charge in [-0.1, -0.05) is 25.1 Å². The molecule has 0 spiro atoms. The number of aryl methyl sites for hydroxylation is 1. The van der Waals surface area contributed by atoms with Crippen LogP contribution in [-0.4, -0.2) is 42.1 Å². The summed E-state index contributed by atoms with van der Waals surface area (Å²) in [6.07, 6.45) is 5.31. The topological polar surface area (TPSA) is 49.8 Å². The number of para-hydroxylation sites is 1. The molecule has 2 aromatic rings. The Morgan fingerprint density at radius 3 is 2.72 bits per heavy atom. The predicted molar refractivity (Wildman–Crippen MR) is 103 cm³/mol. The van der Waals surface area contributed by atoms with Gasteiger partial charge in [0.1, 0.15) is 16.9 Å². The Morgan fingerprint density at radius 1 is 1.32 bits per heavy atom. The summed E-state index contributed by atoms with van der Waals surface area (Å²) >= 11 is 1.77. The maximum absolute atomic E-state index is 6.07. The Labute approximate surface area is 153 Å². The highest BCUT2D eigenvalue weighted by Gasteiger charge is 2.22. The first-order chi connectivity index (χ1) is 12.3. The van der Waals surface area contributed by atoms with Gasteiger partial charge in [-0.05, 0) is 18.6 Å². The minimum atomic E-state index is 0.280. The van der Waals surface area contributed by atoms with Crippen LogP contribution in [0.1, 0.15) is 29.7 Å². The Bertz CT molecular complexity index is 678. The van der Waals surface area contributed by atoms with Gasteiger partial charge in [0.2, 0.25) is 0 Å². The number of thiazole rings is 1. The average molecular weight is 359 g/mol. The van der Waals surface area contributed by atoms with Gasteiger partial charge in [-0.25, -0.2) is 4.98 Å². The average Bonchev–Trinajstić information content (AvgIpc) is 3.12. The predicted octanol–water partition coefficient (Wildman–Crippen LogP) is 3.32. The third-order valence-electron chi connectivity index (χ3n) is 4.35. The summed E-state index contributed by atoms with van der Waals surface area (Å²) in [7, 11) is 1.84. The quantitative estimate of drug-likeness (QED) is 0.658. The van der Waals surface area contributed by atoms with Crippen molar-refractivity contribution in [3.8, 4) is 5.75 Å². The molecule has 2 heterocycles. The molecule has 0 saturated carbocycles. The maximum atomic E-state index is 6.07. The van der Waals surface area contributed by atoms with Crippen molar-refractivity contribution < 1.29 is 4.74 Å². The van der Waals surface area contributed by atoms with E-state index in [0.717, 1.165) is 55.6 Å². The zero-order chi connectivity index (χ0) is 17.5. The molecule has 0 unspecified atom stereocenters. The van der Waals surface area contributed by atoms with Crippen molar-refractivity contribution in [2.75, 3.05) is 20.1 Å². The zero-order valence-corrected chi connectivity index (χ0v) is 15.8. The Kier molecular flexibility index (Phi) is 6.28. The van der Waals surface area contributed by atoms with Gasteiger partial charge < -0.3 is 15.0 Å². The van der Waals surface area contributed by atoms with Crippen molar-refractivity contribution in [3.63, 3.8) is 0 Å². The molecular formula is C19H26N4OS. The highest BCUT2D eigenvalue weighted by molar-refractivity contribution is 7.11. The number of ether oxygens (including phenoxy) is 1. The van der Waals surface area contributed by atoms with E-state index in [-0.39, 0.29) is 6.10 Å². The second-order valence-electron chi connectivity index (χ2n) is 6.09. The van der Waals surface area contributed by atoms with Crippen molar-refractivity contribution >= 4 is 17.3 Å². The number of piperidine rings is 1. The second-order valence-corrected chi connectivity index (χ2v) is 7.29. The fraction of sp³-hybridized carbons (Fsp3) is 0.474. The molecule has 1 N–H and O–H groups in total. The van der Waals surface area contributed by atoms with Crippen LogP contribution in [0, 0.1) is 0 Å². The zero-order valence-electron chi connectivity index (χ0n) is 14.9. The molecule has 1 aliphatic heterocycles. The number of likely N-dealkylation sites (tertiary alicyclic amines) is 1. The number of aliphatic imine (C=N–C) groups is 1. The minimum absolute atomic E-state index is 0.280. The molecule has 1 saturated heterocycles. The van der Waals surface area contributed by atoms with Crippen molar-refractivity contribution in [3.05, 3.63) is 46.4 Å². The van der Waals surface area contributed by atoms with E-state index in [9.17, 15) is 0 Å². The lowest BCUT2D eigenvalue weighted by Gasteiger charge is -2.34. The number of guanidine groups is 1. The van der Waals surface area contributed by atoms with Crippen LogP contribution < -0.4 is 10.1 Å². The first-order valence-electron chi connectivity index (χ1n) is 8.89. The summed E-state index contributed by atoms with van der Waals surface area (Å²) in [5.41, 5.74) is 0. The van der Waals surface area contributed by atoms with Crippen molar-refractivity contribution in [2.45, 2.75) is 38.8 Å². The first kappa shape index (κ1) is 17.7. The largest absolute Gasteiger partial charge is 0.490 e. The molecule has 1 aromatic carbocycles. The van der Waals surface area contributed by atoms with Crippen LogP contribution >= 0.6 is 11.3 Å². The molecule has 0 amide bonds. The molecule has 0 atom stereocenters. The van der Waals surface area contributed by atoms with Crippen LogP contribution in [0.4, 0.5) is 0 Å². The number of nitrogens with one attached hydrogen (secondary N) is 1. The summed E-state index contributed by atoms with van der Waals surface area (Å²) in [5.74, 6) is 1.91. The SMILES string of the molecule is CCc1cnc(CNC(=NC)N2CCC(Oc3ccccc3)CC2)s1. The molecule has 25 heavy (non-hydrogen) atoms. The Hall–Kier alpha value is -2.08. The molecule has 5 nitrogen and oxygen atoms in total. The third-order valence-corrected chi connectivity index (χ3v) is 5.49. The van der Waals surface area contributed by atoms with Crippen LogP contribution in [0.2, 0.25) is 0 Å². The molecule has 1 aromatic heterocycles. The normalized spacial score (nSPS) is 16.1. The first-order valence-corrected chi connectivity index (χ1v) is 9.71. The second kappa shape index (κ2) is 8.85. The Morgan fingerprint density at radius 2 is 2.08 bits per heavy atom. The lowest BCUT2D eigenvalue weighted by molar-refractivity contribution is 0.129. The lowest BCUT2D eigenvalue weighted by Crippen LogP contribution is -2.47. The van der Waals surface area contributed by atoms with Gasteiger partial charge in [0, 0.05) is 44.1 Å². The standard InChI is InChI=1S/C19H26N4OS/c1-3-17-13-21-18(25-17)14-22-19(20-2)23-11-9-16(10-12-23)24-15-7-5-4-6-8-15/h4-8,13,16H,3,9-12,14H2,1-2H3,(H,20,22). The summed E-state index contributed by atoms with van der Waals surface area (Å²) in [6.45, 7) is 4.80. The minimum Gasteiger partial charge on any atom is -0.490 e. The number of aromatic nitrogens is 1. The number of hydrogen-bond donors (Lipinski definition) is 1. The molecule has 0 aliphatic carbocycles. The summed E-state index contributed by atoms with van der Waals surface area (Å²) in [5, 5.41) is 4.55. The van der Waals surface area contributed by atoms with E-state index in [1.165, 1.54) is 4.88 Å². The Balaban J connectivity index is 1.47. The van der Waals surface area contributed by atoms with E-state index < -0.39 is 0 Å². The van der Waals surface area contributed by atoms with Crippen LogP contribution in [0.15, 0.2) is 41.5 Å². The lowest BCUT2D eigenvalue weighted by atomic mass is 10.1. The number of nitrogens with zero attached hydrogens (tertiary/aromatic N) is 3. The molecular weight excluding hydrogens is 332 g/mol. The van der Waals surface area contributed by atoms with E-state index in [1.54, 1.807) is 11.3 Å². The number of rotatable bonds is 5. The highest BCUT2D eigenvalue weighted by Crippen LogP contribution is 2.19. The number of benzene rings is 1. The van der Waals surface area contributed by atoms with Gasteiger partial charge in [0.15, 0.2) is 5.96 Å². The molecule has 0 bridgehead atoms. The van der Waals surface area contributed by atoms with Gasteiger partial charge in [0.25, 0.3) is 0 Å². The van der Waals surface area contributed by atoms with Gasteiger partial charge in [0.05, 0.1) is 6.54 Å². The molecule has 0 radical (unpaired) electrons. The van der Waals surface area contributed by atoms with Crippen LogP contribution in [0.25, 0.3) is 0 Å². The number of hydrogen-bond acceptors (Lipinski definition) is 4. The van der Waals surface area contributed by atoms with Gasteiger partial charge in [-0.3, -0.25) is 4.99 Å². The van der Waals surface area contributed by atoms with Crippen molar-refractivity contribution in [2.24, 2.45) is 4.99 Å². The van der Waals surface area contributed by atoms with E-state index in [1.807, 2.05) is 43.6 Å². The molecule has 6 heteroatoms. The molecule has 1 fully saturated rings. The highest BCUT2D eigenvalue weighted by atomic mass is 32.1. The monoisotopic (exact) mass is 358 g/mol. The van der Waals surface area contributed by atoms with Crippen LogP contribution in [-0.2, 0) is 13.0 Å². The van der Waals surface area contributed by atoms with E-state index in [0.29, 0.717) is 0 Å². The van der Waals surface area contributed by atoms with Crippen molar-refractivity contribution in [1.29, 1.82) is 0 Å². The van der Waals surface area contributed by atoms with E-state index in [4.69, 9.17) is 4.74 Å². The van der Waals surface area contributed by atoms with Crippen molar-refractivity contribution in [1.82, 2.24) is 15.2 Å². The summed E-state index contributed by atoms with van der Waals surface area (Å²) < 4.78 is 6.07. The van der Waals surface area contributed by atoms with Gasteiger partial charge in [-0.2, -0.15) is 0 Å². The van der Waals surface area contributed by atoms with Gasteiger partial charge in [-0.15, -0.1) is 11.3 Å². The summed E-state index contributed by atoms with van der Waals surface area (Å²) in [4.78, 5) is 12.5. The summed E-state index contributed by atoms with van der Waals surface area (Å²) in [6, 6.07) is 10.1. The van der Waals surface area contributed by atoms with Crippen LogP contribution in [0.3, 0.4) is 0 Å². The van der Waals surface area contributed by atoms with E-state index >= 15 is 0 Å². The fourth-order valence-electron chi connectivity index (χ4n) is 2.96.